The van der Waals surface area contributed by atoms with E-state index in [1.165, 1.54) is 13.0 Å². The zero-order chi connectivity index (χ0) is 20.3. The molecule has 0 aliphatic rings. The first-order valence-electron chi connectivity index (χ1n) is 7.86. The SMILES string of the molecule is CC(=O)Nc1ccc(S(=O)(=O)Nc2nc(-c3ccccc3)cs2)c([N+](=O)[O-])c1. The topological polar surface area (TPSA) is 131 Å². The summed E-state index contributed by atoms with van der Waals surface area (Å²) in [6, 6.07) is 12.5. The van der Waals surface area contributed by atoms with Crippen LogP contribution in [-0.2, 0) is 14.8 Å². The van der Waals surface area contributed by atoms with Crippen LogP contribution in [0.4, 0.5) is 16.5 Å². The Hall–Kier alpha value is -3.31. The molecule has 0 spiro atoms. The Labute approximate surface area is 164 Å². The molecule has 0 aliphatic carbocycles. The molecule has 3 rings (SSSR count). The lowest BCUT2D eigenvalue weighted by atomic mass is 10.2. The minimum atomic E-state index is -4.26. The number of nitrogens with zero attached hydrogens (tertiary/aromatic N) is 2. The maximum Gasteiger partial charge on any atom is 0.291 e. The molecular formula is C17H14N4O5S2. The molecule has 0 aliphatic heterocycles. The standard InChI is InChI=1S/C17H14N4O5S2/c1-11(22)18-13-7-8-16(15(9-13)21(23)24)28(25,26)20-17-19-14(10-27-17)12-5-3-2-4-6-12/h2-10H,1H3,(H,18,22)(H,19,20). The van der Waals surface area contributed by atoms with Crippen LogP contribution in [0.2, 0.25) is 0 Å². The predicted octanol–water partition coefficient (Wildman–Crippen LogP) is 3.48. The fraction of sp³-hybridized carbons (Fsp3) is 0.0588. The Bertz CT molecular complexity index is 1140. The highest BCUT2D eigenvalue weighted by Gasteiger charge is 2.27. The summed E-state index contributed by atoms with van der Waals surface area (Å²) in [6.07, 6.45) is 0. The van der Waals surface area contributed by atoms with Gasteiger partial charge in [0.1, 0.15) is 0 Å². The van der Waals surface area contributed by atoms with Crippen molar-refractivity contribution in [3.8, 4) is 11.3 Å². The Morgan fingerprint density at radius 1 is 1.18 bits per heavy atom. The number of benzene rings is 2. The molecule has 11 heteroatoms. The summed E-state index contributed by atoms with van der Waals surface area (Å²) in [5.41, 5.74) is 0.867. The Morgan fingerprint density at radius 2 is 1.89 bits per heavy atom. The van der Waals surface area contributed by atoms with Crippen LogP contribution >= 0.6 is 11.3 Å². The Kier molecular flexibility index (Phi) is 5.38. The molecule has 0 saturated heterocycles. The summed E-state index contributed by atoms with van der Waals surface area (Å²) in [5, 5.41) is 15.5. The van der Waals surface area contributed by atoms with Gasteiger partial charge < -0.3 is 5.32 Å². The second kappa shape index (κ2) is 7.74. The first-order chi connectivity index (χ1) is 13.3. The van der Waals surface area contributed by atoms with Gasteiger partial charge >= 0.3 is 0 Å². The molecule has 2 N–H and O–H groups in total. The van der Waals surface area contributed by atoms with E-state index in [9.17, 15) is 23.3 Å². The summed E-state index contributed by atoms with van der Waals surface area (Å²) < 4.78 is 27.6. The third kappa shape index (κ3) is 4.32. The van der Waals surface area contributed by atoms with Crippen LogP contribution < -0.4 is 10.0 Å². The van der Waals surface area contributed by atoms with E-state index in [1.54, 1.807) is 5.38 Å². The number of carbonyl (C=O) groups is 1. The molecule has 28 heavy (non-hydrogen) atoms. The summed E-state index contributed by atoms with van der Waals surface area (Å²) >= 11 is 1.06. The van der Waals surface area contributed by atoms with Crippen molar-refractivity contribution in [1.29, 1.82) is 0 Å². The molecule has 0 bridgehead atoms. The van der Waals surface area contributed by atoms with Gasteiger partial charge in [0.2, 0.25) is 5.91 Å². The summed E-state index contributed by atoms with van der Waals surface area (Å²) in [4.78, 5) is 25.3. The van der Waals surface area contributed by atoms with E-state index in [0.717, 1.165) is 29.0 Å². The average Bonchev–Trinajstić information content (AvgIpc) is 3.09. The maximum atomic E-state index is 12.7. The van der Waals surface area contributed by atoms with E-state index < -0.39 is 31.4 Å². The molecule has 1 aromatic heterocycles. The third-order valence-corrected chi connectivity index (χ3v) is 5.83. The quantitative estimate of drug-likeness (QED) is 0.465. The number of anilines is 2. The van der Waals surface area contributed by atoms with Crippen LogP contribution in [-0.4, -0.2) is 24.2 Å². The van der Waals surface area contributed by atoms with Gasteiger partial charge in [-0.05, 0) is 12.1 Å². The van der Waals surface area contributed by atoms with Gasteiger partial charge in [-0.2, -0.15) is 0 Å². The van der Waals surface area contributed by atoms with Crippen LogP contribution in [0.3, 0.4) is 0 Å². The lowest BCUT2D eigenvalue weighted by Crippen LogP contribution is -2.15. The lowest BCUT2D eigenvalue weighted by Gasteiger charge is -2.08. The van der Waals surface area contributed by atoms with Gasteiger partial charge in [-0.15, -0.1) is 11.3 Å². The van der Waals surface area contributed by atoms with Crippen LogP contribution in [0, 0.1) is 10.1 Å². The van der Waals surface area contributed by atoms with E-state index in [1.807, 2.05) is 30.3 Å². The number of hydrogen-bond donors (Lipinski definition) is 2. The number of nitrogens with one attached hydrogen (secondary N) is 2. The van der Waals surface area contributed by atoms with Crippen LogP contribution in [0.5, 0.6) is 0 Å². The molecule has 1 heterocycles. The minimum absolute atomic E-state index is 0.0825. The number of thiazole rings is 1. The van der Waals surface area contributed by atoms with Gasteiger partial charge in [-0.3, -0.25) is 19.6 Å². The van der Waals surface area contributed by atoms with Crippen LogP contribution in [0.15, 0.2) is 58.8 Å². The van der Waals surface area contributed by atoms with Gasteiger partial charge in [0.05, 0.1) is 10.6 Å². The first kappa shape index (κ1) is 19.5. The number of nitro benzene ring substituents is 1. The maximum absolute atomic E-state index is 12.7. The summed E-state index contributed by atoms with van der Waals surface area (Å²) in [5.74, 6) is -0.431. The second-order valence-corrected chi connectivity index (χ2v) is 8.14. The molecule has 0 unspecified atom stereocenters. The van der Waals surface area contributed by atoms with E-state index in [0.29, 0.717) is 5.69 Å². The highest BCUT2D eigenvalue weighted by atomic mass is 32.2. The largest absolute Gasteiger partial charge is 0.326 e. The summed E-state index contributed by atoms with van der Waals surface area (Å²) in [7, 11) is -4.26. The van der Waals surface area contributed by atoms with Crippen molar-refractivity contribution in [2.24, 2.45) is 0 Å². The van der Waals surface area contributed by atoms with E-state index >= 15 is 0 Å². The molecule has 0 saturated carbocycles. The van der Waals surface area contributed by atoms with Crippen molar-refractivity contribution in [3.63, 3.8) is 0 Å². The van der Waals surface area contributed by atoms with Crippen molar-refractivity contribution >= 4 is 43.8 Å². The van der Waals surface area contributed by atoms with Crippen molar-refractivity contribution in [2.45, 2.75) is 11.8 Å². The fourth-order valence-corrected chi connectivity index (χ4v) is 4.53. The lowest BCUT2D eigenvalue weighted by molar-refractivity contribution is -0.387. The van der Waals surface area contributed by atoms with Crippen LogP contribution in [0.1, 0.15) is 6.92 Å². The number of carbonyl (C=O) groups excluding carboxylic acids is 1. The Balaban J connectivity index is 1.92. The van der Waals surface area contributed by atoms with Crippen molar-refractivity contribution in [2.75, 3.05) is 10.0 Å². The molecular weight excluding hydrogens is 404 g/mol. The Morgan fingerprint density at radius 3 is 2.54 bits per heavy atom. The average molecular weight is 418 g/mol. The molecule has 1 amide bonds. The fourth-order valence-electron chi connectivity index (χ4n) is 2.40. The second-order valence-electron chi connectivity index (χ2n) is 5.63. The molecule has 9 nitrogen and oxygen atoms in total. The molecule has 0 radical (unpaired) electrons. The van der Waals surface area contributed by atoms with E-state index in [-0.39, 0.29) is 10.8 Å². The van der Waals surface area contributed by atoms with Crippen LogP contribution in [0.25, 0.3) is 11.3 Å². The zero-order valence-electron chi connectivity index (χ0n) is 14.4. The predicted molar refractivity (Wildman–Crippen MR) is 106 cm³/mol. The van der Waals surface area contributed by atoms with Gasteiger partial charge in [-0.25, -0.2) is 13.4 Å². The molecule has 3 aromatic rings. The van der Waals surface area contributed by atoms with Gasteiger partial charge in [0.15, 0.2) is 10.0 Å². The number of rotatable bonds is 6. The third-order valence-electron chi connectivity index (χ3n) is 3.56. The van der Waals surface area contributed by atoms with Crippen molar-refractivity contribution in [1.82, 2.24) is 4.98 Å². The van der Waals surface area contributed by atoms with Gasteiger partial charge in [0, 0.05) is 29.6 Å². The van der Waals surface area contributed by atoms with Gasteiger partial charge in [0.25, 0.3) is 15.7 Å². The molecule has 0 atom stereocenters. The number of amides is 1. The number of sulfonamides is 1. The molecule has 0 fully saturated rings. The number of aromatic nitrogens is 1. The zero-order valence-corrected chi connectivity index (χ0v) is 16.1. The van der Waals surface area contributed by atoms with E-state index in [4.69, 9.17) is 0 Å². The number of nitro groups is 1. The summed E-state index contributed by atoms with van der Waals surface area (Å²) in [6.45, 7) is 1.24. The first-order valence-corrected chi connectivity index (χ1v) is 10.2. The smallest absolute Gasteiger partial charge is 0.291 e. The number of hydrogen-bond acceptors (Lipinski definition) is 7. The highest BCUT2D eigenvalue weighted by Crippen LogP contribution is 2.31. The molecule has 2 aromatic carbocycles. The normalized spacial score (nSPS) is 11.0. The van der Waals surface area contributed by atoms with Crippen molar-refractivity contribution in [3.05, 3.63) is 64.0 Å². The van der Waals surface area contributed by atoms with Crippen molar-refractivity contribution < 1.29 is 18.1 Å². The molecule has 144 valence electrons. The van der Waals surface area contributed by atoms with Gasteiger partial charge in [-0.1, -0.05) is 30.3 Å². The monoisotopic (exact) mass is 418 g/mol. The highest BCUT2D eigenvalue weighted by molar-refractivity contribution is 7.93. The minimum Gasteiger partial charge on any atom is -0.326 e. The van der Waals surface area contributed by atoms with E-state index in [2.05, 4.69) is 15.0 Å².